The van der Waals surface area contributed by atoms with Gasteiger partial charge >= 0.3 is 6.09 Å². The minimum Gasteiger partial charge on any atom is -0.481 e. The third-order valence-corrected chi connectivity index (χ3v) is 2.50. The monoisotopic (exact) mass is 281 g/mol. The molecule has 0 aromatic carbocycles. The van der Waals surface area contributed by atoms with Crippen LogP contribution in [0.5, 0.6) is 5.88 Å². The van der Waals surface area contributed by atoms with Crippen LogP contribution < -0.4 is 15.8 Å². The maximum Gasteiger partial charge on any atom is 0.407 e. The van der Waals surface area contributed by atoms with Crippen molar-refractivity contribution in [2.75, 3.05) is 13.7 Å². The maximum atomic E-state index is 11.7. The smallest absolute Gasteiger partial charge is 0.407 e. The molecular weight excluding hydrogens is 258 g/mol. The maximum absolute atomic E-state index is 11.7. The molecule has 0 spiro atoms. The van der Waals surface area contributed by atoms with E-state index in [1.807, 2.05) is 32.9 Å². The van der Waals surface area contributed by atoms with Crippen LogP contribution in [0.15, 0.2) is 18.3 Å². The molecular formula is C14H23N3O3. The van der Waals surface area contributed by atoms with E-state index in [0.29, 0.717) is 18.8 Å². The summed E-state index contributed by atoms with van der Waals surface area (Å²) < 4.78 is 10.3. The van der Waals surface area contributed by atoms with E-state index in [2.05, 4.69) is 10.3 Å². The average Bonchev–Trinajstić information content (AvgIpc) is 2.36. The molecule has 0 bridgehead atoms. The van der Waals surface area contributed by atoms with Crippen LogP contribution in [0, 0.1) is 0 Å². The van der Waals surface area contributed by atoms with Crippen molar-refractivity contribution in [3.63, 3.8) is 0 Å². The van der Waals surface area contributed by atoms with Crippen LogP contribution >= 0.6 is 0 Å². The van der Waals surface area contributed by atoms with Crippen molar-refractivity contribution in [2.45, 2.75) is 38.8 Å². The van der Waals surface area contributed by atoms with Gasteiger partial charge in [-0.15, -0.1) is 0 Å². The first-order chi connectivity index (χ1) is 9.34. The van der Waals surface area contributed by atoms with Crippen LogP contribution in [0.2, 0.25) is 0 Å². The van der Waals surface area contributed by atoms with E-state index in [9.17, 15) is 4.79 Å². The molecule has 3 N–H and O–H groups in total. The Balaban J connectivity index is 2.60. The highest BCUT2D eigenvalue weighted by atomic mass is 16.6. The second-order valence-corrected chi connectivity index (χ2v) is 5.49. The number of nitrogens with two attached hydrogens (primary N) is 1. The van der Waals surface area contributed by atoms with Gasteiger partial charge < -0.3 is 20.5 Å². The topological polar surface area (TPSA) is 86.5 Å². The molecule has 20 heavy (non-hydrogen) atoms. The number of hydrogen-bond donors (Lipinski definition) is 2. The van der Waals surface area contributed by atoms with Crippen LogP contribution in [0.4, 0.5) is 4.79 Å². The molecule has 0 aliphatic carbocycles. The molecule has 0 aliphatic heterocycles. The Kier molecular flexibility index (Phi) is 5.76. The van der Waals surface area contributed by atoms with Crippen LogP contribution in [0.1, 0.15) is 26.3 Å². The van der Waals surface area contributed by atoms with E-state index < -0.39 is 11.7 Å². The zero-order valence-electron chi connectivity index (χ0n) is 12.5. The number of methoxy groups -OCH3 is 1. The Hall–Kier alpha value is -1.82. The lowest BCUT2D eigenvalue weighted by molar-refractivity contribution is 0.0506. The van der Waals surface area contributed by atoms with Crippen molar-refractivity contribution in [3.05, 3.63) is 23.9 Å². The van der Waals surface area contributed by atoms with Gasteiger partial charge in [-0.1, -0.05) is 0 Å². The minimum atomic E-state index is -0.525. The first-order valence-electron chi connectivity index (χ1n) is 6.52. The molecule has 1 amide bonds. The molecule has 1 heterocycles. The largest absolute Gasteiger partial charge is 0.481 e. The molecule has 0 radical (unpaired) electrons. The quantitative estimate of drug-likeness (QED) is 0.853. The van der Waals surface area contributed by atoms with Gasteiger partial charge in [0, 0.05) is 24.8 Å². The SMILES string of the molecule is COc1cc(CC(CN)NC(=O)OC(C)(C)C)ccn1. The summed E-state index contributed by atoms with van der Waals surface area (Å²) in [6, 6.07) is 3.48. The highest BCUT2D eigenvalue weighted by Crippen LogP contribution is 2.11. The van der Waals surface area contributed by atoms with Crippen molar-refractivity contribution in [3.8, 4) is 5.88 Å². The van der Waals surface area contributed by atoms with Gasteiger partial charge in [-0.25, -0.2) is 9.78 Å². The Bertz CT molecular complexity index is 444. The number of carbonyl (C=O) groups excluding carboxylic acids is 1. The third-order valence-electron chi connectivity index (χ3n) is 2.50. The molecule has 1 rings (SSSR count). The molecule has 1 aromatic heterocycles. The van der Waals surface area contributed by atoms with Crippen LogP contribution in [0.3, 0.4) is 0 Å². The van der Waals surface area contributed by atoms with Gasteiger partial charge in [0.1, 0.15) is 5.60 Å². The molecule has 0 saturated heterocycles. The van der Waals surface area contributed by atoms with Crippen molar-refractivity contribution in [1.82, 2.24) is 10.3 Å². The lowest BCUT2D eigenvalue weighted by Crippen LogP contribution is -2.44. The highest BCUT2D eigenvalue weighted by molar-refractivity contribution is 5.68. The van der Waals surface area contributed by atoms with Gasteiger partial charge in [0.2, 0.25) is 5.88 Å². The second kappa shape index (κ2) is 7.09. The molecule has 6 heteroatoms. The molecule has 6 nitrogen and oxygen atoms in total. The first-order valence-corrected chi connectivity index (χ1v) is 6.52. The van der Waals surface area contributed by atoms with Gasteiger partial charge in [0.25, 0.3) is 0 Å². The number of amides is 1. The van der Waals surface area contributed by atoms with Gasteiger partial charge in [-0.3, -0.25) is 0 Å². The standard InChI is InChI=1S/C14H23N3O3/c1-14(2,3)20-13(18)17-11(9-15)7-10-5-6-16-12(8-10)19-4/h5-6,8,11H,7,9,15H2,1-4H3,(H,17,18). The van der Waals surface area contributed by atoms with Crippen molar-refractivity contribution in [2.24, 2.45) is 5.73 Å². The van der Waals surface area contributed by atoms with Gasteiger partial charge in [-0.2, -0.15) is 0 Å². The van der Waals surface area contributed by atoms with Crippen molar-refractivity contribution in [1.29, 1.82) is 0 Å². The minimum absolute atomic E-state index is 0.197. The summed E-state index contributed by atoms with van der Waals surface area (Å²) in [5.41, 5.74) is 6.15. The predicted octanol–water partition coefficient (Wildman–Crippen LogP) is 1.48. The number of nitrogens with one attached hydrogen (secondary N) is 1. The summed E-state index contributed by atoms with van der Waals surface area (Å²) in [5.74, 6) is 0.538. The van der Waals surface area contributed by atoms with Crippen LogP contribution in [-0.4, -0.2) is 36.4 Å². The summed E-state index contributed by atoms with van der Waals surface area (Å²) in [5, 5.41) is 2.76. The highest BCUT2D eigenvalue weighted by Gasteiger charge is 2.19. The lowest BCUT2D eigenvalue weighted by atomic mass is 10.1. The molecule has 0 fully saturated rings. The van der Waals surface area contributed by atoms with E-state index in [1.165, 1.54) is 0 Å². The molecule has 1 atom stereocenters. The van der Waals surface area contributed by atoms with Gasteiger partial charge in [-0.05, 0) is 38.8 Å². The predicted molar refractivity (Wildman–Crippen MR) is 76.7 cm³/mol. The Labute approximate surface area is 119 Å². The number of pyridine rings is 1. The molecule has 1 aromatic rings. The number of rotatable bonds is 5. The van der Waals surface area contributed by atoms with E-state index >= 15 is 0 Å². The summed E-state index contributed by atoms with van der Waals surface area (Å²) in [6.45, 7) is 5.77. The summed E-state index contributed by atoms with van der Waals surface area (Å²) in [6.07, 6.45) is 1.79. The number of nitrogens with zero attached hydrogens (tertiary/aromatic N) is 1. The Morgan fingerprint density at radius 2 is 2.20 bits per heavy atom. The van der Waals surface area contributed by atoms with Crippen molar-refractivity contribution < 1.29 is 14.3 Å². The zero-order chi connectivity index (χ0) is 15.2. The van der Waals surface area contributed by atoms with E-state index in [0.717, 1.165) is 5.56 Å². The Morgan fingerprint density at radius 1 is 1.50 bits per heavy atom. The van der Waals surface area contributed by atoms with Gasteiger partial charge in [0.15, 0.2) is 0 Å². The normalized spacial score (nSPS) is 12.7. The summed E-state index contributed by atoms with van der Waals surface area (Å²) in [7, 11) is 1.56. The third kappa shape index (κ3) is 5.88. The van der Waals surface area contributed by atoms with Crippen molar-refractivity contribution >= 4 is 6.09 Å². The van der Waals surface area contributed by atoms with Crippen LogP contribution in [0.25, 0.3) is 0 Å². The molecule has 112 valence electrons. The number of ether oxygens (including phenoxy) is 2. The zero-order valence-corrected chi connectivity index (χ0v) is 12.5. The molecule has 1 unspecified atom stereocenters. The van der Waals surface area contributed by atoms with E-state index in [1.54, 1.807) is 13.3 Å². The average molecular weight is 281 g/mol. The fourth-order valence-corrected chi connectivity index (χ4v) is 1.64. The van der Waals surface area contributed by atoms with E-state index in [4.69, 9.17) is 15.2 Å². The lowest BCUT2D eigenvalue weighted by Gasteiger charge is -2.23. The second-order valence-electron chi connectivity index (χ2n) is 5.49. The number of aromatic nitrogens is 1. The van der Waals surface area contributed by atoms with E-state index in [-0.39, 0.29) is 6.04 Å². The van der Waals surface area contributed by atoms with Crippen LogP contribution in [-0.2, 0) is 11.2 Å². The summed E-state index contributed by atoms with van der Waals surface area (Å²) >= 11 is 0. The first kappa shape index (κ1) is 16.2. The summed E-state index contributed by atoms with van der Waals surface area (Å²) in [4.78, 5) is 15.8. The fraction of sp³-hybridized carbons (Fsp3) is 0.571. The number of carbonyl (C=O) groups is 1. The fourth-order valence-electron chi connectivity index (χ4n) is 1.64. The molecule has 0 aliphatic rings. The van der Waals surface area contributed by atoms with Gasteiger partial charge in [0.05, 0.1) is 7.11 Å². The molecule has 0 saturated carbocycles. The number of alkyl carbamates (subject to hydrolysis) is 1. The number of hydrogen-bond acceptors (Lipinski definition) is 5. The Morgan fingerprint density at radius 3 is 2.75 bits per heavy atom.